The normalized spacial score (nSPS) is 10.1. The molecule has 0 heterocycles. The minimum Gasteiger partial charge on any atom is -0.508 e. The van der Waals surface area contributed by atoms with Gasteiger partial charge in [-0.15, -0.1) is 0 Å². The van der Waals surface area contributed by atoms with E-state index in [1.807, 2.05) is 24.3 Å². The summed E-state index contributed by atoms with van der Waals surface area (Å²) in [7, 11) is 1.57. The lowest BCUT2D eigenvalue weighted by atomic mass is 10.2. The molecule has 0 aliphatic heterocycles. The summed E-state index contributed by atoms with van der Waals surface area (Å²) in [6.07, 6.45) is 0. The van der Waals surface area contributed by atoms with E-state index in [-0.39, 0.29) is 5.75 Å². The summed E-state index contributed by atoms with van der Waals surface area (Å²) < 4.78 is 11.8. The Hall–Kier alpha value is -1.68. The molecule has 2 aromatic carbocycles. The van der Waals surface area contributed by atoms with Crippen LogP contribution in [0.15, 0.2) is 46.9 Å². The van der Waals surface area contributed by atoms with Gasteiger partial charge in [-0.25, -0.2) is 0 Å². The quantitative estimate of drug-likeness (QED) is 0.935. The molecule has 0 radical (unpaired) electrons. The van der Waals surface area contributed by atoms with Crippen molar-refractivity contribution in [3.05, 3.63) is 52.5 Å². The number of rotatable bonds is 4. The van der Waals surface area contributed by atoms with E-state index >= 15 is 0 Å². The van der Waals surface area contributed by atoms with E-state index in [1.54, 1.807) is 25.3 Å². The van der Waals surface area contributed by atoms with Crippen molar-refractivity contribution in [2.45, 2.75) is 6.61 Å². The molecule has 0 bridgehead atoms. The molecule has 94 valence electrons. The van der Waals surface area contributed by atoms with Gasteiger partial charge in [0.15, 0.2) is 0 Å². The molecule has 2 rings (SSSR count). The Morgan fingerprint density at radius 1 is 1.11 bits per heavy atom. The summed E-state index contributed by atoms with van der Waals surface area (Å²) in [5.74, 6) is 1.56. The Morgan fingerprint density at radius 2 is 1.89 bits per heavy atom. The van der Waals surface area contributed by atoms with Gasteiger partial charge in [0.2, 0.25) is 0 Å². The average Bonchev–Trinajstić information content (AvgIpc) is 2.39. The van der Waals surface area contributed by atoms with Crippen LogP contribution in [0.25, 0.3) is 0 Å². The van der Waals surface area contributed by atoms with Crippen molar-refractivity contribution in [1.29, 1.82) is 0 Å². The van der Waals surface area contributed by atoms with Gasteiger partial charge in [0.25, 0.3) is 0 Å². The van der Waals surface area contributed by atoms with Gasteiger partial charge in [-0.2, -0.15) is 0 Å². The molecule has 0 unspecified atom stereocenters. The molecule has 0 atom stereocenters. The lowest BCUT2D eigenvalue weighted by Crippen LogP contribution is -1.99. The van der Waals surface area contributed by atoms with Gasteiger partial charge in [-0.1, -0.05) is 12.1 Å². The Morgan fingerprint density at radius 3 is 2.61 bits per heavy atom. The number of hydrogen-bond donors (Lipinski definition) is 1. The highest BCUT2D eigenvalue weighted by Crippen LogP contribution is 2.28. The monoisotopic (exact) mass is 308 g/mol. The van der Waals surface area contributed by atoms with Crippen molar-refractivity contribution in [1.82, 2.24) is 0 Å². The molecule has 4 heteroatoms. The second-order valence-corrected chi connectivity index (χ2v) is 4.57. The first-order chi connectivity index (χ1) is 8.70. The van der Waals surface area contributed by atoms with Crippen molar-refractivity contribution in [3.63, 3.8) is 0 Å². The van der Waals surface area contributed by atoms with E-state index in [0.29, 0.717) is 12.4 Å². The molecule has 0 saturated heterocycles. The number of benzene rings is 2. The smallest absolute Gasteiger partial charge is 0.133 e. The minimum atomic E-state index is 0.177. The lowest BCUT2D eigenvalue weighted by molar-refractivity contribution is 0.294. The molecule has 0 aliphatic carbocycles. The molecular formula is C14H13BrO3. The Bertz CT molecular complexity index is 540. The third-order valence-electron chi connectivity index (χ3n) is 2.49. The van der Waals surface area contributed by atoms with Crippen LogP contribution in [0.5, 0.6) is 17.2 Å². The van der Waals surface area contributed by atoms with Gasteiger partial charge < -0.3 is 14.6 Å². The van der Waals surface area contributed by atoms with Crippen molar-refractivity contribution < 1.29 is 14.6 Å². The molecule has 18 heavy (non-hydrogen) atoms. The van der Waals surface area contributed by atoms with Gasteiger partial charge in [0.05, 0.1) is 11.6 Å². The standard InChI is InChI=1S/C14H13BrO3/c1-17-14-8-11(16)7-6-10(14)9-18-13-5-3-2-4-12(13)15/h2-8,16H,9H2,1H3. The maximum Gasteiger partial charge on any atom is 0.133 e. The van der Waals surface area contributed by atoms with Crippen LogP contribution < -0.4 is 9.47 Å². The van der Waals surface area contributed by atoms with Gasteiger partial charge in [0, 0.05) is 11.6 Å². The van der Waals surface area contributed by atoms with E-state index in [9.17, 15) is 5.11 Å². The zero-order valence-electron chi connectivity index (χ0n) is 9.89. The third kappa shape index (κ3) is 2.96. The highest BCUT2D eigenvalue weighted by atomic mass is 79.9. The van der Waals surface area contributed by atoms with E-state index < -0.39 is 0 Å². The molecule has 0 fully saturated rings. The van der Waals surface area contributed by atoms with Crippen molar-refractivity contribution in [2.24, 2.45) is 0 Å². The second kappa shape index (κ2) is 5.78. The van der Waals surface area contributed by atoms with Crippen LogP contribution in [0.3, 0.4) is 0 Å². The summed E-state index contributed by atoms with van der Waals surface area (Å²) in [6.45, 7) is 0.381. The fourth-order valence-electron chi connectivity index (χ4n) is 1.57. The van der Waals surface area contributed by atoms with Gasteiger partial charge >= 0.3 is 0 Å². The molecule has 0 aromatic heterocycles. The number of halogens is 1. The number of phenolic OH excluding ortho intramolecular Hbond substituents is 1. The van der Waals surface area contributed by atoms with Crippen LogP contribution in [0.1, 0.15) is 5.56 Å². The van der Waals surface area contributed by atoms with E-state index in [0.717, 1.165) is 15.8 Å². The topological polar surface area (TPSA) is 38.7 Å². The van der Waals surface area contributed by atoms with Crippen molar-refractivity contribution in [2.75, 3.05) is 7.11 Å². The Labute approximate surface area is 114 Å². The van der Waals surface area contributed by atoms with E-state index in [2.05, 4.69) is 15.9 Å². The number of aromatic hydroxyl groups is 1. The van der Waals surface area contributed by atoms with Crippen molar-refractivity contribution in [3.8, 4) is 17.2 Å². The molecule has 0 spiro atoms. The molecule has 1 N–H and O–H groups in total. The van der Waals surface area contributed by atoms with Crippen LogP contribution in [0.4, 0.5) is 0 Å². The predicted molar refractivity (Wildman–Crippen MR) is 73.1 cm³/mol. The summed E-state index contributed by atoms with van der Waals surface area (Å²) in [5, 5.41) is 9.37. The first-order valence-electron chi connectivity index (χ1n) is 5.44. The van der Waals surface area contributed by atoms with Crippen LogP contribution in [-0.4, -0.2) is 12.2 Å². The minimum absolute atomic E-state index is 0.177. The van der Waals surface area contributed by atoms with Crippen molar-refractivity contribution >= 4 is 15.9 Å². The molecule has 0 aliphatic rings. The zero-order chi connectivity index (χ0) is 13.0. The van der Waals surface area contributed by atoms with Gasteiger partial charge in [-0.3, -0.25) is 0 Å². The first kappa shape index (κ1) is 12.8. The molecule has 2 aromatic rings. The third-order valence-corrected chi connectivity index (χ3v) is 3.15. The Kier molecular flexibility index (Phi) is 4.10. The number of para-hydroxylation sites is 1. The summed E-state index contributed by atoms with van der Waals surface area (Å²) in [6, 6.07) is 12.6. The predicted octanol–water partition coefficient (Wildman–Crippen LogP) is 3.74. The second-order valence-electron chi connectivity index (χ2n) is 3.72. The van der Waals surface area contributed by atoms with Crippen LogP contribution in [0, 0.1) is 0 Å². The fourth-order valence-corrected chi connectivity index (χ4v) is 1.97. The van der Waals surface area contributed by atoms with Crippen LogP contribution >= 0.6 is 15.9 Å². The molecule has 0 amide bonds. The van der Waals surface area contributed by atoms with E-state index in [4.69, 9.17) is 9.47 Å². The average molecular weight is 309 g/mol. The summed E-state index contributed by atoms with van der Waals surface area (Å²) in [5.41, 5.74) is 0.881. The highest BCUT2D eigenvalue weighted by Gasteiger charge is 2.06. The maximum absolute atomic E-state index is 9.37. The largest absolute Gasteiger partial charge is 0.508 e. The summed E-state index contributed by atoms with van der Waals surface area (Å²) >= 11 is 3.42. The van der Waals surface area contributed by atoms with Crippen LogP contribution in [0.2, 0.25) is 0 Å². The van der Waals surface area contributed by atoms with Gasteiger partial charge in [0.1, 0.15) is 23.9 Å². The van der Waals surface area contributed by atoms with Gasteiger partial charge in [-0.05, 0) is 40.2 Å². The fraction of sp³-hybridized carbons (Fsp3) is 0.143. The van der Waals surface area contributed by atoms with Crippen LogP contribution in [-0.2, 0) is 6.61 Å². The maximum atomic E-state index is 9.37. The lowest BCUT2D eigenvalue weighted by Gasteiger charge is -2.11. The molecule has 0 saturated carbocycles. The first-order valence-corrected chi connectivity index (χ1v) is 6.23. The summed E-state index contributed by atoms with van der Waals surface area (Å²) in [4.78, 5) is 0. The number of ether oxygens (including phenoxy) is 2. The zero-order valence-corrected chi connectivity index (χ0v) is 11.5. The Balaban J connectivity index is 2.13. The molecular weight excluding hydrogens is 296 g/mol. The SMILES string of the molecule is COc1cc(O)ccc1COc1ccccc1Br. The number of hydrogen-bond acceptors (Lipinski definition) is 3. The van der Waals surface area contributed by atoms with E-state index in [1.165, 1.54) is 0 Å². The number of methoxy groups -OCH3 is 1. The highest BCUT2D eigenvalue weighted by molar-refractivity contribution is 9.10. The molecule has 3 nitrogen and oxygen atoms in total. The number of phenols is 1.